The molecule has 1 aliphatic carbocycles. The van der Waals surface area contributed by atoms with E-state index in [9.17, 15) is 13.6 Å². The summed E-state index contributed by atoms with van der Waals surface area (Å²) in [4.78, 5) is 30.2. The Balaban J connectivity index is 1.18. The van der Waals surface area contributed by atoms with Crippen LogP contribution in [0.25, 0.3) is 33.6 Å². The van der Waals surface area contributed by atoms with Crippen molar-refractivity contribution in [3.63, 3.8) is 0 Å². The molecule has 2 aromatic carbocycles. The van der Waals surface area contributed by atoms with Crippen LogP contribution in [-0.4, -0.2) is 64.9 Å². The topological polar surface area (TPSA) is 120 Å². The molecule has 4 aromatic rings. The molecule has 10 nitrogen and oxygen atoms in total. The maximum atomic E-state index is 12.4. The smallest absolute Gasteiger partial charge is 0.345 e. The molecule has 2 N–H and O–H groups in total. The minimum Gasteiger partial charge on any atom is -0.480 e. The highest BCUT2D eigenvalue weighted by Crippen LogP contribution is 2.42. The fourth-order valence-electron chi connectivity index (χ4n) is 6.19. The molecular weight excluding hydrogens is 677 g/mol. The minimum absolute atomic E-state index is 0.0460. The van der Waals surface area contributed by atoms with E-state index in [0.717, 1.165) is 25.0 Å². The molecule has 1 saturated heterocycles. The lowest BCUT2D eigenvalue weighted by molar-refractivity contribution is -0.185. The van der Waals surface area contributed by atoms with Gasteiger partial charge in [0, 0.05) is 47.3 Å². The van der Waals surface area contributed by atoms with Gasteiger partial charge in [-0.2, -0.15) is 8.78 Å². The van der Waals surface area contributed by atoms with Gasteiger partial charge in [0.1, 0.15) is 11.4 Å². The zero-order valence-corrected chi connectivity index (χ0v) is 28.5. The molecule has 1 atom stereocenters. The number of amides is 1. The van der Waals surface area contributed by atoms with Gasteiger partial charge in [-0.3, -0.25) is 14.8 Å². The number of alkyl halides is 2. The van der Waals surface area contributed by atoms with E-state index in [-0.39, 0.29) is 18.0 Å². The van der Waals surface area contributed by atoms with E-state index in [2.05, 4.69) is 30.3 Å². The largest absolute Gasteiger partial charge is 0.480 e. The molecule has 2 fully saturated rings. The monoisotopic (exact) mass is 712 g/mol. The first kappa shape index (κ1) is 34.9. The predicted molar refractivity (Wildman–Crippen MR) is 182 cm³/mol. The van der Waals surface area contributed by atoms with E-state index in [4.69, 9.17) is 37.7 Å². The third-order valence-corrected chi connectivity index (χ3v) is 9.66. The molecule has 2 aromatic heterocycles. The van der Waals surface area contributed by atoms with Gasteiger partial charge in [-0.05, 0) is 38.5 Å². The second-order valence-corrected chi connectivity index (χ2v) is 12.8. The van der Waals surface area contributed by atoms with Crippen LogP contribution < -0.4 is 20.1 Å². The van der Waals surface area contributed by atoms with Crippen LogP contribution in [0.5, 0.6) is 11.8 Å². The second kappa shape index (κ2) is 15.7. The Morgan fingerprint density at radius 3 is 2.02 bits per heavy atom. The van der Waals surface area contributed by atoms with Gasteiger partial charge in [0.25, 0.3) is 0 Å². The van der Waals surface area contributed by atoms with Crippen LogP contribution in [0, 0.1) is 0 Å². The number of hydrogen-bond acceptors (Lipinski definition) is 9. The summed E-state index contributed by atoms with van der Waals surface area (Å²) in [5, 5.41) is 7.17. The van der Waals surface area contributed by atoms with E-state index >= 15 is 0 Å². The van der Waals surface area contributed by atoms with Crippen LogP contribution in [0.3, 0.4) is 0 Å². The zero-order chi connectivity index (χ0) is 34.5. The molecule has 3 heterocycles. The maximum absolute atomic E-state index is 12.4. The number of carbonyl (C=O) groups is 1. The summed E-state index contributed by atoms with van der Waals surface area (Å²) in [6.45, 7) is -2.41. The van der Waals surface area contributed by atoms with Crippen LogP contribution in [0.2, 0.25) is 10.0 Å². The zero-order valence-electron chi connectivity index (χ0n) is 27.0. The van der Waals surface area contributed by atoms with Gasteiger partial charge in [0.05, 0.1) is 54.2 Å². The number of halogens is 4. The quantitative estimate of drug-likeness (QED) is 0.142. The van der Waals surface area contributed by atoms with Gasteiger partial charge >= 0.3 is 6.61 Å². The van der Waals surface area contributed by atoms with Crippen LogP contribution >= 0.6 is 23.2 Å². The lowest BCUT2D eigenvalue weighted by Gasteiger charge is -2.35. The first-order chi connectivity index (χ1) is 23.7. The van der Waals surface area contributed by atoms with Crippen molar-refractivity contribution in [3.05, 3.63) is 70.2 Å². The second-order valence-electron chi connectivity index (χ2n) is 12.0. The Bertz CT molecular complexity index is 1810. The molecule has 14 heteroatoms. The molecular formula is C35H36Cl2F2N6O4. The van der Waals surface area contributed by atoms with Crippen molar-refractivity contribution in [2.45, 2.75) is 76.3 Å². The van der Waals surface area contributed by atoms with Crippen molar-refractivity contribution < 1.29 is 27.8 Å². The SMILES string of the molecule is COc1nc(-c2cccc(-c3cccc(-c4cnc(CNC5CC(OC(F)F)C5)c(OC)n4)c3Cl)c2Cl)cnc1CCC[C@@H]1CCC(=O)N1. The standard InChI is InChI=1S/C35H36Cl2F2N6O4/c1-47-33-26(11-3-6-19-12-13-30(46)43-19)41-16-27(44-33)24-9-4-7-22(31(24)36)23-8-5-10-25(32(23)37)28-17-42-29(34(45-28)48-2)18-40-20-14-21(15-20)49-35(38)39/h4-5,7-10,16-17,19-21,35,40H,3,6,11-15,18H2,1-2H3,(H,43,46)/t19-,20?,21?/m1/s1. The van der Waals surface area contributed by atoms with Crippen molar-refractivity contribution in [2.75, 3.05) is 14.2 Å². The van der Waals surface area contributed by atoms with Gasteiger partial charge in [0.2, 0.25) is 17.7 Å². The molecule has 0 bridgehead atoms. The molecule has 0 unspecified atom stereocenters. The third-order valence-electron chi connectivity index (χ3n) is 8.85. The summed E-state index contributed by atoms with van der Waals surface area (Å²) < 4.78 is 40.5. The Morgan fingerprint density at radius 2 is 1.47 bits per heavy atom. The number of aromatic nitrogens is 4. The van der Waals surface area contributed by atoms with Crippen LogP contribution in [0.15, 0.2) is 48.8 Å². The number of aryl methyl sites for hydroxylation is 1. The lowest BCUT2D eigenvalue weighted by atomic mass is 9.89. The average Bonchev–Trinajstić information content (AvgIpc) is 3.50. The summed E-state index contributed by atoms with van der Waals surface area (Å²) in [6, 6.07) is 11.5. The predicted octanol–water partition coefficient (Wildman–Crippen LogP) is 7.05. The highest BCUT2D eigenvalue weighted by atomic mass is 35.5. The van der Waals surface area contributed by atoms with Crippen molar-refractivity contribution in [1.82, 2.24) is 30.6 Å². The van der Waals surface area contributed by atoms with Crippen molar-refractivity contribution in [1.29, 1.82) is 0 Å². The molecule has 49 heavy (non-hydrogen) atoms. The van der Waals surface area contributed by atoms with Gasteiger partial charge in [-0.1, -0.05) is 59.6 Å². The molecule has 258 valence electrons. The molecule has 1 amide bonds. The molecule has 0 radical (unpaired) electrons. The molecule has 6 rings (SSSR count). The lowest BCUT2D eigenvalue weighted by Crippen LogP contribution is -2.45. The van der Waals surface area contributed by atoms with E-state index in [1.807, 2.05) is 36.4 Å². The Labute approximate surface area is 292 Å². The summed E-state index contributed by atoms with van der Waals surface area (Å²) >= 11 is 14.0. The van der Waals surface area contributed by atoms with Crippen molar-refractivity contribution in [2.24, 2.45) is 0 Å². The first-order valence-corrected chi connectivity index (χ1v) is 16.8. The number of nitrogens with one attached hydrogen (secondary N) is 2. The highest BCUT2D eigenvalue weighted by molar-refractivity contribution is 6.39. The van der Waals surface area contributed by atoms with Gasteiger partial charge in [-0.15, -0.1) is 0 Å². The van der Waals surface area contributed by atoms with E-state index in [1.54, 1.807) is 19.5 Å². The van der Waals surface area contributed by atoms with E-state index in [1.165, 1.54) is 7.11 Å². The number of rotatable bonds is 14. The molecule has 2 aliphatic rings. The Kier molecular flexibility index (Phi) is 11.2. The summed E-state index contributed by atoms with van der Waals surface area (Å²) in [6.07, 6.45) is 7.71. The molecule has 0 spiro atoms. The number of hydrogen-bond donors (Lipinski definition) is 2. The normalized spacial score (nSPS) is 18.8. The van der Waals surface area contributed by atoms with E-state index < -0.39 is 12.7 Å². The number of nitrogens with zero attached hydrogens (tertiary/aromatic N) is 4. The summed E-state index contributed by atoms with van der Waals surface area (Å²) in [7, 11) is 3.08. The summed E-state index contributed by atoms with van der Waals surface area (Å²) in [5.74, 6) is 0.866. The highest BCUT2D eigenvalue weighted by Gasteiger charge is 2.32. The van der Waals surface area contributed by atoms with E-state index in [0.29, 0.717) is 93.4 Å². The van der Waals surface area contributed by atoms with Crippen LogP contribution in [0.4, 0.5) is 8.78 Å². The molecule has 1 aliphatic heterocycles. The van der Waals surface area contributed by atoms with Gasteiger partial charge in [0.15, 0.2) is 0 Å². The third kappa shape index (κ3) is 8.09. The van der Waals surface area contributed by atoms with Gasteiger partial charge in [-0.25, -0.2) is 9.97 Å². The van der Waals surface area contributed by atoms with Crippen molar-refractivity contribution >= 4 is 29.1 Å². The Morgan fingerprint density at radius 1 is 0.898 bits per heavy atom. The average molecular weight is 714 g/mol. The number of ether oxygens (including phenoxy) is 3. The minimum atomic E-state index is -2.76. The maximum Gasteiger partial charge on any atom is 0.345 e. The van der Waals surface area contributed by atoms with Crippen molar-refractivity contribution in [3.8, 4) is 45.4 Å². The Hall–Kier alpha value is -3.97. The first-order valence-electron chi connectivity index (χ1n) is 16.1. The number of carbonyl (C=O) groups excluding carboxylic acids is 1. The fourth-order valence-corrected chi connectivity index (χ4v) is 6.84. The molecule has 1 saturated carbocycles. The number of methoxy groups -OCH3 is 2. The summed E-state index contributed by atoms with van der Waals surface area (Å²) in [5.41, 5.74) is 5.09. The van der Waals surface area contributed by atoms with Crippen LogP contribution in [-0.2, 0) is 22.5 Å². The number of benzene rings is 2. The fraction of sp³-hybridized carbons (Fsp3) is 0.400. The van der Waals surface area contributed by atoms with Crippen LogP contribution in [0.1, 0.15) is 49.9 Å². The van der Waals surface area contributed by atoms with Gasteiger partial charge < -0.3 is 24.8 Å².